The van der Waals surface area contributed by atoms with E-state index in [1.54, 1.807) is 19.3 Å². The van der Waals surface area contributed by atoms with Gasteiger partial charge < -0.3 is 15.2 Å². The third kappa shape index (κ3) is 6.26. The second kappa shape index (κ2) is 10.4. The summed E-state index contributed by atoms with van der Waals surface area (Å²) in [6.45, 7) is 8.00. The quantitative estimate of drug-likeness (QED) is 0.492. The number of benzene rings is 1. The molecule has 33 heavy (non-hydrogen) atoms. The van der Waals surface area contributed by atoms with Gasteiger partial charge in [-0.15, -0.1) is 11.3 Å². The molecule has 2 N–H and O–H groups in total. The fourth-order valence-corrected chi connectivity index (χ4v) is 3.89. The van der Waals surface area contributed by atoms with Crippen molar-refractivity contribution in [3.63, 3.8) is 0 Å². The van der Waals surface area contributed by atoms with Gasteiger partial charge in [0, 0.05) is 42.1 Å². The van der Waals surface area contributed by atoms with E-state index in [2.05, 4.69) is 41.4 Å². The number of hydrogen-bond acceptors (Lipinski definition) is 5. The summed E-state index contributed by atoms with van der Waals surface area (Å²) in [4.78, 5) is 33.3. The van der Waals surface area contributed by atoms with Gasteiger partial charge in [-0.2, -0.15) is 0 Å². The summed E-state index contributed by atoms with van der Waals surface area (Å²) < 4.78 is 1.96. The highest BCUT2D eigenvalue weighted by molar-refractivity contribution is 7.14. The number of anilines is 1. The van der Waals surface area contributed by atoms with Gasteiger partial charge in [0.2, 0.25) is 5.91 Å². The Labute approximate surface area is 198 Å². The fourth-order valence-electron chi connectivity index (χ4n) is 3.15. The van der Waals surface area contributed by atoms with Gasteiger partial charge in [0.05, 0.1) is 17.8 Å². The molecule has 0 fully saturated rings. The number of carbonyl (C=O) groups excluding carboxylic acids is 2. The van der Waals surface area contributed by atoms with Crippen LogP contribution in [0.4, 0.5) is 5.13 Å². The first-order valence-corrected chi connectivity index (χ1v) is 11.5. The van der Waals surface area contributed by atoms with Gasteiger partial charge >= 0.3 is 0 Å². The van der Waals surface area contributed by atoms with Crippen LogP contribution in [0.25, 0.3) is 16.8 Å². The molecule has 1 aromatic carbocycles. The zero-order valence-electron chi connectivity index (χ0n) is 19.5. The zero-order valence-corrected chi connectivity index (χ0v) is 20.4. The molecule has 172 valence electrons. The Morgan fingerprint density at radius 3 is 2.67 bits per heavy atom. The summed E-state index contributed by atoms with van der Waals surface area (Å²) in [7, 11) is 1.74. The van der Waals surface area contributed by atoms with Crippen LogP contribution in [-0.4, -0.2) is 41.2 Å². The van der Waals surface area contributed by atoms with Crippen molar-refractivity contribution >= 4 is 40.1 Å². The normalized spacial score (nSPS) is 12.2. The van der Waals surface area contributed by atoms with Crippen molar-refractivity contribution in [3.05, 3.63) is 65.3 Å². The van der Waals surface area contributed by atoms with Crippen LogP contribution in [0.1, 0.15) is 43.6 Å². The van der Waals surface area contributed by atoms with Crippen molar-refractivity contribution < 1.29 is 9.59 Å². The molecule has 3 rings (SSSR count). The number of amides is 2. The molecule has 2 amide bonds. The topological polar surface area (TPSA) is 88.4 Å². The largest absolute Gasteiger partial charge is 0.348 e. The predicted octanol–water partition coefficient (Wildman–Crippen LogP) is 4.84. The molecule has 0 bridgehead atoms. The number of aliphatic imine (C=N–C) groups is 1. The van der Waals surface area contributed by atoms with E-state index in [0.29, 0.717) is 10.7 Å². The molecule has 8 heteroatoms. The Morgan fingerprint density at radius 1 is 1.21 bits per heavy atom. The summed E-state index contributed by atoms with van der Waals surface area (Å²) in [6, 6.07) is 9.75. The summed E-state index contributed by atoms with van der Waals surface area (Å²) in [5.74, 6) is -0.621. The number of nitrogens with one attached hydrogen (secondary N) is 2. The van der Waals surface area contributed by atoms with Crippen LogP contribution < -0.4 is 10.6 Å². The molecule has 3 aromatic rings. The van der Waals surface area contributed by atoms with E-state index < -0.39 is 0 Å². The number of aromatic nitrogens is 2. The molecule has 0 aliphatic heterocycles. The maximum absolute atomic E-state index is 12.4. The molecule has 0 atom stereocenters. The van der Waals surface area contributed by atoms with Crippen molar-refractivity contribution in [1.82, 2.24) is 14.9 Å². The number of nitrogens with zero attached hydrogens (tertiary/aromatic N) is 3. The highest BCUT2D eigenvalue weighted by Crippen LogP contribution is 2.27. The monoisotopic (exact) mass is 463 g/mol. The second-order valence-electron chi connectivity index (χ2n) is 8.46. The fraction of sp³-hybridized carbons (Fsp3) is 0.280. The molecule has 0 saturated carbocycles. The number of rotatable bonds is 7. The Hall–Kier alpha value is -3.52. The summed E-state index contributed by atoms with van der Waals surface area (Å²) in [5, 5.41) is 7.78. The van der Waals surface area contributed by atoms with E-state index >= 15 is 0 Å². The van der Waals surface area contributed by atoms with Gasteiger partial charge in [0.25, 0.3) is 5.91 Å². The summed E-state index contributed by atoms with van der Waals surface area (Å²) >= 11 is 1.34. The number of allylic oxidation sites excluding steroid dienone is 2. The molecule has 2 aromatic heterocycles. The van der Waals surface area contributed by atoms with E-state index in [1.807, 2.05) is 59.6 Å². The maximum Gasteiger partial charge on any atom is 0.253 e. The molecule has 0 saturated heterocycles. The van der Waals surface area contributed by atoms with Crippen LogP contribution >= 0.6 is 11.3 Å². The molecule has 0 aliphatic carbocycles. The second-order valence-corrected chi connectivity index (χ2v) is 9.32. The van der Waals surface area contributed by atoms with E-state index in [-0.39, 0.29) is 23.9 Å². The van der Waals surface area contributed by atoms with Crippen molar-refractivity contribution in [3.8, 4) is 11.3 Å². The van der Waals surface area contributed by atoms with Gasteiger partial charge in [-0.3, -0.25) is 14.6 Å². The highest BCUT2D eigenvalue weighted by Gasteiger charge is 2.16. The third-order valence-electron chi connectivity index (χ3n) is 4.96. The predicted molar refractivity (Wildman–Crippen MR) is 136 cm³/mol. The van der Waals surface area contributed by atoms with E-state index in [0.717, 1.165) is 22.4 Å². The molecular formula is C25H29N5O2S. The van der Waals surface area contributed by atoms with Gasteiger partial charge in [-0.05, 0) is 51.0 Å². The number of carbonyl (C=O) groups is 2. The standard InChI is InChI=1S/C25H29N5O2S/c1-6-17(13-26-5)18-8-7-9-19(12-18)21-16-33-24(28-21)29-22(31)14-27-23(32)20-10-11-30(15-20)25(2,3)4/h6-13,15-16H,14H2,1-5H3,(H,27,32)(H,28,29,31)/b17-6+,26-13?. The van der Waals surface area contributed by atoms with Crippen LogP contribution in [0.2, 0.25) is 0 Å². The van der Waals surface area contributed by atoms with Gasteiger partial charge in [-0.1, -0.05) is 24.3 Å². The first-order chi connectivity index (χ1) is 15.7. The lowest BCUT2D eigenvalue weighted by Gasteiger charge is -2.20. The Bertz CT molecular complexity index is 1200. The molecular weight excluding hydrogens is 434 g/mol. The van der Waals surface area contributed by atoms with E-state index in [4.69, 9.17) is 0 Å². The van der Waals surface area contributed by atoms with Gasteiger partial charge in [0.1, 0.15) is 0 Å². The highest BCUT2D eigenvalue weighted by atomic mass is 32.1. The minimum Gasteiger partial charge on any atom is -0.348 e. The first-order valence-electron chi connectivity index (χ1n) is 10.6. The molecule has 0 spiro atoms. The first kappa shape index (κ1) is 24.1. The lowest BCUT2D eigenvalue weighted by atomic mass is 10.0. The minimum atomic E-state index is -0.330. The Kier molecular flexibility index (Phi) is 7.60. The lowest BCUT2D eigenvalue weighted by molar-refractivity contribution is -0.115. The van der Waals surface area contributed by atoms with Crippen LogP contribution in [0.5, 0.6) is 0 Å². The average Bonchev–Trinajstić information content (AvgIpc) is 3.46. The zero-order chi connectivity index (χ0) is 24.0. The van der Waals surface area contributed by atoms with Gasteiger partial charge in [0.15, 0.2) is 5.13 Å². The SMILES string of the molecule is C/C=C(\C=NC)c1cccc(-c2csc(NC(=O)CNC(=O)c3ccn(C(C)(C)C)c3)n2)c1. The third-order valence-corrected chi connectivity index (χ3v) is 5.72. The Balaban J connectivity index is 1.60. The van der Waals surface area contributed by atoms with Gasteiger partial charge in [-0.25, -0.2) is 4.98 Å². The van der Waals surface area contributed by atoms with Crippen LogP contribution in [0.3, 0.4) is 0 Å². The molecule has 2 heterocycles. The van der Waals surface area contributed by atoms with Crippen molar-refractivity contribution in [1.29, 1.82) is 0 Å². The van der Waals surface area contributed by atoms with Crippen molar-refractivity contribution in [2.45, 2.75) is 33.2 Å². The van der Waals surface area contributed by atoms with Crippen LogP contribution in [-0.2, 0) is 10.3 Å². The molecule has 0 aliphatic rings. The van der Waals surface area contributed by atoms with Crippen molar-refractivity contribution in [2.24, 2.45) is 4.99 Å². The van der Waals surface area contributed by atoms with Crippen molar-refractivity contribution in [2.75, 3.05) is 18.9 Å². The number of thiazole rings is 1. The van der Waals surface area contributed by atoms with Crippen LogP contribution in [0.15, 0.2) is 59.2 Å². The average molecular weight is 464 g/mol. The van der Waals surface area contributed by atoms with Crippen LogP contribution in [0, 0.1) is 0 Å². The summed E-state index contributed by atoms with van der Waals surface area (Å²) in [6.07, 6.45) is 7.46. The smallest absolute Gasteiger partial charge is 0.253 e. The summed E-state index contributed by atoms with van der Waals surface area (Å²) in [5.41, 5.74) is 4.19. The minimum absolute atomic E-state index is 0.115. The molecule has 0 unspecified atom stereocenters. The molecule has 7 nitrogen and oxygen atoms in total. The Morgan fingerprint density at radius 2 is 2.00 bits per heavy atom. The number of hydrogen-bond donors (Lipinski definition) is 2. The van der Waals surface area contributed by atoms with E-state index in [9.17, 15) is 9.59 Å². The maximum atomic E-state index is 12.4. The molecule has 0 radical (unpaired) electrons. The van der Waals surface area contributed by atoms with E-state index in [1.165, 1.54) is 11.3 Å². The lowest BCUT2D eigenvalue weighted by Crippen LogP contribution is -2.32.